The van der Waals surface area contributed by atoms with E-state index in [1.165, 1.54) is 6.07 Å². The average Bonchev–Trinajstić information content (AvgIpc) is 2.83. The van der Waals surface area contributed by atoms with Crippen LogP contribution in [0, 0.1) is 0 Å². The molecule has 19 heavy (non-hydrogen) atoms. The van der Waals surface area contributed by atoms with Crippen LogP contribution >= 0.6 is 0 Å². The zero-order valence-corrected chi connectivity index (χ0v) is 10.7. The molecule has 5 nitrogen and oxygen atoms in total. The van der Waals surface area contributed by atoms with Gasteiger partial charge < -0.3 is 19.9 Å². The van der Waals surface area contributed by atoms with E-state index in [1.54, 1.807) is 6.07 Å². The van der Waals surface area contributed by atoms with Crippen LogP contribution < -0.4 is 5.32 Å². The smallest absolute Gasteiger partial charge is 0.371 e. The lowest BCUT2D eigenvalue weighted by Crippen LogP contribution is -2.31. The summed E-state index contributed by atoms with van der Waals surface area (Å²) in [6.07, 6.45) is 0.855. The number of hydrogen-bond donors (Lipinski definition) is 3. The molecule has 1 unspecified atom stereocenters. The van der Waals surface area contributed by atoms with Crippen molar-refractivity contribution >= 4 is 16.9 Å². The highest BCUT2D eigenvalue weighted by Gasteiger charge is 2.11. The number of fused-ring (bicyclic) bond motifs is 1. The molecule has 0 spiro atoms. The minimum absolute atomic E-state index is 0.0538. The summed E-state index contributed by atoms with van der Waals surface area (Å²) in [6.45, 7) is 2.74. The zero-order chi connectivity index (χ0) is 13.8. The fraction of sp³-hybridized carbons (Fsp3) is 0.357. The normalized spacial score (nSPS) is 12.7. The van der Waals surface area contributed by atoms with Crippen molar-refractivity contribution in [2.45, 2.75) is 25.9 Å². The van der Waals surface area contributed by atoms with Gasteiger partial charge in [0.2, 0.25) is 5.76 Å². The van der Waals surface area contributed by atoms with Crippen molar-refractivity contribution in [1.29, 1.82) is 0 Å². The van der Waals surface area contributed by atoms with E-state index in [2.05, 4.69) is 5.32 Å². The molecule has 0 fully saturated rings. The van der Waals surface area contributed by atoms with Crippen LogP contribution in [0.5, 0.6) is 0 Å². The van der Waals surface area contributed by atoms with E-state index in [0.717, 1.165) is 17.4 Å². The van der Waals surface area contributed by atoms with Crippen LogP contribution in [0.1, 0.15) is 29.5 Å². The number of furan rings is 1. The number of aromatic carboxylic acids is 1. The van der Waals surface area contributed by atoms with Gasteiger partial charge in [-0.15, -0.1) is 0 Å². The number of benzene rings is 1. The van der Waals surface area contributed by atoms with Crippen LogP contribution in [-0.2, 0) is 6.54 Å². The van der Waals surface area contributed by atoms with Crippen molar-refractivity contribution < 1.29 is 19.4 Å². The Labute approximate surface area is 110 Å². The van der Waals surface area contributed by atoms with Crippen LogP contribution in [0.4, 0.5) is 0 Å². The Kier molecular flexibility index (Phi) is 4.19. The van der Waals surface area contributed by atoms with Crippen LogP contribution in [0.25, 0.3) is 11.0 Å². The van der Waals surface area contributed by atoms with Gasteiger partial charge in [0.25, 0.3) is 0 Å². The fourth-order valence-corrected chi connectivity index (χ4v) is 1.91. The monoisotopic (exact) mass is 263 g/mol. The summed E-state index contributed by atoms with van der Waals surface area (Å²) >= 11 is 0. The molecule has 3 N–H and O–H groups in total. The topological polar surface area (TPSA) is 82.7 Å². The predicted molar refractivity (Wildman–Crippen MR) is 71.2 cm³/mol. The Morgan fingerprint density at radius 3 is 2.84 bits per heavy atom. The van der Waals surface area contributed by atoms with E-state index in [9.17, 15) is 4.79 Å². The molecule has 1 aromatic carbocycles. The maximum atomic E-state index is 10.8. The summed E-state index contributed by atoms with van der Waals surface area (Å²) in [7, 11) is 0. The van der Waals surface area contributed by atoms with E-state index in [-0.39, 0.29) is 18.4 Å². The number of nitrogens with one attached hydrogen (secondary N) is 1. The van der Waals surface area contributed by atoms with E-state index in [4.69, 9.17) is 14.6 Å². The molecule has 0 radical (unpaired) electrons. The third-order valence-corrected chi connectivity index (χ3v) is 3.10. The highest BCUT2D eigenvalue weighted by atomic mass is 16.4. The van der Waals surface area contributed by atoms with Crippen molar-refractivity contribution in [2.75, 3.05) is 6.61 Å². The minimum Gasteiger partial charge on any atom is -0.475 e. The third-order valence-electron chi connectivity index (χ3n) is 3.10. The largest absolute Gasteiger partial charge is 0.475 e. The molecule has 0 aliphatic heterocycles. The minimum atomic E-state index is -1.07. The maximum Gasteiger partial charge on any atom is 0.371 e. The Bertz CT molecular complexity index is 572. The molecule has 1 heterocycles. The van der Waals surface area contributed by atoms with Gasteiger partial charge in [0.15, 0.2) is 0 Å². The molecular formula is C14H17NO4. The summed E-state index contributed by atoms with van der Waals surface area (Å²) in [5.74, 6) is -1.12. The summed E-state index contributed by atoms with van der Waals surface area (Å²) < 4.78 is 5.19. The Hall–Kier alpha value is -1.85. The number of carboxylic acid groups (broad SMARTS) is 1. The van der Waals surface area contributed by atoms with E-state index in [1.807, 2.05) is 19.1 Å². The molecule has 2 aromatic rings. The molecule has 1 atom stereocenters. The first-order valence-corrected chi connectivity index (χ1v) is 6.24. The van der Waals surface area contributed by atoms with Gasteiger partial charge in [-0.1, -0.05) is 13.0 Å². The lowest BCUT2D eigenvalue weighted by atomic mass is 10.1. The summed E-state index contributed by atoms with van der Waals surface area (Å²) in [5.41, 5.74) is 1.59. The third kappa shape index (κ3) is 3.13. The average molecular weight is 263 g/mol. The predicted octanol–water partition coefficient (Wildman–Crippen LogP) is 1.99. The molecule has 2 rings (SSSR count). The highest BCUT2D eigenvalue weighted by Crippen LogP contribution is 2.20. The lowest BCUT2D eigenvalue weighted by Gasteiger charge is -2.13. The SMILES string of the molecule is CCC(CO)NCc1ccc2oc(C(=O)O)cc2c1. The van der Waals surface area contributed by atoms with E-state index < -0.39 is 5.97 Å². The van der Waals surface area contributed by atoms with Gasteiger partial charge in [-0.25, -0.2) is 4.79 Å². The van der Waals surface area contributed by atoms with Crippen LogP contribution in [-0.4, -0.2) is 28.8 Å². The summed E-state index contributed by atoms with van der Waals surface area (Å²) in [4.78, 5) is 10.8. The van der Waals surface area contributed by atoms with E-state index in [0.29, 0.717) is 12.1 Å². The van der Waals surface area contributed by atoms with Gasteiger partial charge in [0.05, 0.1) is 6.61 Å². The van der Waals surface area contributed by atoms with Crippen LogP contribution in [0.15, 0.2) is 28.7 Å². The molecule has 0 amide bonds. The number of carboxylic acids is 1. The molecule has 0 saturated carbocycles. The second kappa shape index (κ2) is 5.86. The van der Waals surface area contributed by atoms with Crippen LogP contribution in [0.3, 0.4) is 0 Å². The van der Waals surface area contributed by atoms with Crippen molar-refractivity contribution in [1.82, 2.24) is 5.32 Å². The van der Waals surface area contributed by atoms with Crippen LogP contribution in [0.2, 0.25) is 0 Å². The highest BCUT2D eigenvalue weighted by molar-refractivity contribution is 5.91. The number of rotatable bonds is 6. The second-order valence-electron chi connectivity index (χ2n) is 4.46. The molecule has 102 valence electrons. The molecule has 0 aliphatic rings. The Balaban J connectivity index is 2.14. The first-order chi connectivity index (χ1) is 9.13. The summed E-state index contributed by atoms with van der Waals surface area (Å²) in [5, 5.41) is 22.0. The molecular weight excluding hydrogens is 246 g/mol. The maximum absolute atomic E-state index is 10.8. The molecule has 1 aromatic heterocycles. The fourth-order valence-electron chi connectivity index (χ4n) is 1.91. The quantitative estimate of drug-likeness (QED) is 0.742. The zero-order valence-electron chi connectivity index (χ0n) is 10.7. The molecule has 0 bridgehead atoms. The van der Waals surface area contributed by atoms with Gasteiger partial charge in [0.1, 0.15) is 5.58 Å². The van der Waals surface area contributed by atoms with Crippen molar-refractivity contribution in [3.05, 3.63) is 35.6 Å². The number of carbonyl (C=O) groups is 1. The molecule has 0 aliphatic carbocycles. The first kappa shape index (κ1) is 13.6. The number of aliphatic hydroxyl groups is 1. The van der Waals surface area contributed by atoms with Crippen molar-refractivity contribution in [3.63, 3.8) is 0 Å². The molecule has 5 heteroatoms. The first-order valence-electron chi connectivity index (χ1n) is 6.24. The van der Waals surface area contributed by atoms with Gasteiger partial charge >= 0.3 is 5.97 Å². The van der Waals surface area contributed by atoms with Gasteiger partial charge in [-0.3, -0.25) is 0 Å². The standard InChI is InChI=1S/C14H17NO4/c1-2-11(8-16)15-7-9-3-4-12-10(5-9)6-13(19-12)14(17)18/h3-6,11,15-16H,2,7-8H2,1H3,(H,17,18). The molecule has 0 saturated heterocycles. The van der Waals surface area contributed by atoms with Crippen molar-refractivity contribution in [2.24, 2.45) is 0 Å². The second-order valence-corrected chi connectivity index (χ2v) is 4.46. The van der Waals surface area contributed by atoms with E-state index >= 15 is 0 Å². The Morgan fingerprint density at radius 1 is 1.42 bits per heavy atom. The number of hydrogen-bond acceptors (Lipinski definition) is 4. The number of aliphatic hydroxyl groups excluding tert-OH is 1. The van der Waals surface area contributed by atoms with Crippen molar-refractivity contribution in [3.8, 4) is 0 Å². The van der Waals surface area contributed by atoms with Gasteiger partial charge in [0, 0.05) is 18.0 Å². The summed E-state index contributed by atoms with van der Waals surface area (Å²) in [6, 6.07) is 7.13. The van der Waals surface area contributed by atoms with Gasteiger partial charge in [-0.2, -0.15) is 0 Å². The van der Waals surface area contributed by atoms with Gasteiger partial charge in [-0.05, 0) is 30.2 Å². The Morgan fingerprint density at radius 2 is 2.21 bits per heavy atom. The lowest BCUT2D eigenvalue weighted by molar-refractivity contribution is 0.0665.